The summed E-state index contributed by atoms with van der Waals surface area (Å²) in [4.78, 5) is 50.5. The molecule has 2 aromatic rings. The van der Waals surface area contributed by atoms with Gasteiger partial charge in [-0.2, -0.15) is 0 Å². The molecule has 0 unspecified atom stereocenters. The monoisotopic (exact) mass is 1640 g/mol. The maximum Gasteiger partial charge on any atom is 2.00 e. The van der Waals surface area contributed by atoms with Gasteiger partial charge in [-0.1, -0.05) is 371 Å². The topological polar surface area (TPSA) is 220 Å². The van der Waals surface area contributed by atoms with Crippen LogP contribution < -0.4 is 0 Å². The SMILES string of the molecule is CCCCCC/C=C/CCCCCCCCCCCCOC(=O)c1cccc(S(=O)(=O)[O-])c1C(=O)OCCCCCCCCCCCC/C=C/CCCCCC.CCCCCC/C=C/CCCCCCCCCCCCOC(=O)c1cccc(S(=O)(=O)[O-])c1C(=O)OCCCCCCCCCCCC/C=C/CCCCCC.[Ca+2]. The van der Waals surface area contributed by atoms with Gasteiger partial charge in [-0.3, -0.25) is 0 Å². The minimum Gasteiger partial charge on any atom is -0.744 e. The molecular formula is C96H162CaO14S2. The number of carbonyl (C=O) groups is 4. The Bertz CT molecular complexity index is 2740. The van der Waals surface area contributed by atoms with E-state index in [2.05, 4.69) is 76.3 Å². The summed E-state index contributed by atoms with van der Waals surface area (Å²) in [5.41, 5.74) is -1.56. The van der Waals surface area contributed by atoms with E-state index in [1.807, 2.05) is 0 Å². The summed E-state index contributed by atoms with van der Waals surface area (Å²) in [5, 5.41) is 0. The molecule has 0 aromatic heterocycles. The van der Waals surface area contributed by atoms with E-state index in [4.69, 9.17) is 18.9 Å². The largest absolute Gasteiger partial charge is 2.00 e. The number of hydrogen-bond donors (Lipinski definition) is 0. The van der Waals surface area contributed by atoms with Crippen LogP contribution in [0.4, 0.5) is 0 Å². The van der Waals surface area contributed by atoms with Crippen LogP contribution in [0.2, 0.25) is 0 Å². The Balaban J connectivity index is 0.00000220. The summed E-state index contributed by atoms with van der Waals surface area (Å²) in [7, 11) is -10.0. The minimum atomic E-state index is -5.02. The predicted octanol–water partition coefficient (Wildman–Crippen LogP) is 28.7. The van der Waals surface area contributed by atoms with Gasteiger partial charge in [-0.25, -0.2) is 36.0 Å². The molecule has 0 saturated heterocycles. The smallest absolute Gasteiger partial charge is 0.744 e. The molecule has 0 aliphatic heterocycles. The third-order valence-electron chi connectivity index (χ3n) is 21.0. The average molecular weight is 1640 g/mol. The van der Waals surface area contributed by atoms with Gasteiger partial charge < -0.3 is 28.1 Å². The van der Waals surface area contributed by atoms with Gasteiger partial charge in [0.15, 0.2) is 0 Å². The quantitative estimate of drug-likeness (QED) is 0.0150. The fraction of sp³-hybridized carbons (Fsp3) is 0.750. The van der Waals surface area contributed by atoms with Crippen LogP contribution in [0.1, 0.15) is 480 Å². The Morgan fingerprint density at radius 1 is 0.248 bits per heavy atom. The molecular weight excluding hydrogens is 1480 g/mol. The van der Waals surface area contributed by atoms with Gasteiger partial charge in [0.25, 0.3) is 0 Å². The zero-order valence-corrected chi connectivity index (χ0v) is 76.2. The Kier molecular flexibility index (Phi) is 78.2. The molecule has 113 heavy (non-hydrogen) atoms. The molecule has 0 radical (unpaired) electrons. The van der Waals surface area contributed by atoms with Gasteiger partial charge in [0.05, 0.1) is 58.5 Å². The Hall–Kier alpha value is -3.64. The van der Waals surface area contributed by atoms with E-state index in [9.17, 15) is 45.1 Å². The Morgan fingerprint density at radius 2 is 0.407 bits per heavy atom. The predicted molar refractivity (Wildman–Crippen MR) is 470 cm³/mol. The molecule has 2 rings (SSSR count). The van der Waals surface area contributed by atoms with Gasteiger partial charge in [0.1, 0.15) is 20.2 Å². The van der Waals surface area contributed by atoms with Gasteiger partial charge in [0.2, 0.25) is 0 Å². The van der Waals surface area contributed by atoms with Crippen molar-refractivity contribution in [1.29, 1.82) is 0 Å². The van der Waals surface area contributed by atoms with Crippen LogP contribution in [-0.4, -0.2) is 114 Å². The number of allylic oxidation sites excluding steroid dienone is 8. The molecule has 0 spiro atoms. The Labute approximate surface area is 722 Å². The maximum atomic E-state index is 13.0. The fourth-order valence-corrected chi connectivity index (χ4v) is 15.4. The normalized spacial score (nSPS) is 11.8. The van der Waals surface area contributed by atoms with Crippen molar-refractivity contribution in [1.82, 2.24) is 0 Å². The number of hydrogen-bond acceptors (Lipinski definition) is 14. The third kappa shape index (κ3) is 65.9. The number of benzene rings is 2. The van der Waals surface area contributed by atoms with E-state index in [0.717, 1.165) is 89.2 Å². The van der Waals surface area contributed by atoms with Crippen molar-refractivity contribution in [2.75, 3.05) is 26.4 Å². The molecule has 0 aliphatic carbocycles. The first-order valence-electron chi connectivity index (χ1n) is 46.1. The Morgan fingerprint density at radius 3 is 0.584 bits per heavy atom. The van der Waals surface area contributed by atoms with Gasteiger partial charge >= 0.3 is 61.6 Å². The van der Waals surface area contributed by atoms with Crippen LogP contribution in [0, 0.1) is 0 Å². The zero-order valence-electron chi connectivity index (χ0n) is 72.4. The van der Waals surface area contributed by atoms with E-state index < -0.39 is 65.0 Å². The van der Waals surface area contributed by atoms with E-state index in [0.29, 0.717) is 25.7 Å². The van der Waals surface area contributed by atoms with Crippen molar-refractivity contribution < 1.29 is 64.1 Å². The molecule has 14 nitrogen and oxygen atoms in total. The first-order valence-corrected chi connectivity index (χ1v) is 48.9. The van der Waals surface area contributed by atoms with Gasteiger partial charge in [0, 0.05) is 0 Å². The molecule has 644 valence electrons. The molecule has 0 fully saturated rings. The van der Waals surface area contributed by atoms with Gasteiger partial charge in [-0.05, 0) is 153 Å². The second-order valence-corrected chi connectivity index (χ2v) is 34.1. The van der Waals surface area contributed by atoms with Crippen molar-refractivity contribution >= 4 is 81.9 Å². The van der Waals surface area contributed by atoms with E-state index in [1.165, 1.54) is 332 Å². The number of ether oxygens (including phenoxy) is 4. The first kappa shape index (κ1) is 109. The number of unbranched alkanes of at least 4 members (excludes halogenated alkanes) is 56. The van der Waals surface area contributed by atoms with Crippen LogP contribution in [0.3, 0.4) is 0 Å². The molecule has 0 bridgehead atoms. The zero-order chi connectivity index (χ0) is 81.6. The second kappa shape index (κ2) is 80.8. The molecule has 2 aromatic carbocycles. The van der Waals surface area contributed by atoms with E-state index >= 15 is 0 Å². The maximum absolute atomic E-state index is 13.0. The summed E-state index contributed by atoms with van der Waals surface area (Å²) in [6.45, 7) is 9.49. The molecule has 0 N–H and O–H groups in total. The molecule has 17 heteroatoms. The minimum absolute atomic E-state index is 0. The summed E-state index contributed by atoms with van der Waals surface area (Å²) in [5.74, 6) is -3.62. The fourth-order valence-electron chi connectivity index (χ4n) is 14.0. The third-order valence-corrected chi connectivity index (χ3v) is 22.8. The van der Waals surface area contributed by atoms with E-state index in [-0.39, 0.29) is 75.3 Å². The van der Waals surface area contributed by atoms with Crippen molar-refractivity contribution in [2.45, 2.75) is 448 Å². The average Bonchev–Trinajstić information content (AvgIpc) is 0.797. The summed E-state index contributed by atoms with van der Waals surface area (Å²) >= 11 is 0. The van der Waals surface area contributed by atoms with Crippen molar-refractivity contribution in [2.24, 2.45) is 0 Å². The second-order valence-electron chi connectivity index (χ2n) is 31.4. The van der Waals surface area contributed by atoms with Crippen LogP contribution in [-0.2, 0) is 39.2 Å². The number of esters is 4. The van der Waals surface area contributed by atoms with Crippen molar-refractivity contribution in [3.05, 3.63) is 107 Å². The molecule has 0 amide bonds. The van der Waals surface area contributed by atoms with Crippen LogP contribution in [0.5, 0.6) is 0 Å². The van der Waals surface area contributed by atoms with Crippen LogP contribution >= 0.6 is 0 Å². The molecule has 0 heterocycles. The summed E-state index contributed by atoms with van der Waals surface area (Å²) < 4.78 is 93.6. The summed E-state index contributed by atoms with van der Waals surface area (Å²) in [6.07, 6.45) is 94.9. The van der Waals surface area contributed by atoms with Gasteiger partial charge in [-0.15, -0.1) is 0 Å². The molecule has 0 atom stereocenters. The van der Waals surface area contributed by atoms with Crippen molar-refractivity contribution in [3.8, 4) is 0 Å². The van der Waals surface area contributed by atoms with Crippen molar-refractivity contribution in [3.63, 3.8) is 0 Å². The van der Waals surface area contributed by atoms with Crippen LogP contribution in [0.15, 0.2) is 94.8 Å². The number of carbonyl (C=O) groups excluding carboxylic acids is 4. The standard InChI is InChI=1S/2C48H82O7S.Ca/c2*1-3-5-7-9-11-13-15-17-19-21-23-25-27-29-31-33-35-37-42-54-47(49)44-40-39-41-45(56(51,52)53)46(44)48(50)55-43-38-36-34-32-30-28-26-24-22-20-18-16-14-12-10-8-6-4-2;/h2*13-16,39-41H,3-12,17-38,42-43H2,1-2H3,(H,51,52,53);/q;;+2/p-2/b2*15-13+,16-14+;. The summed E-state index contributed by atoms with van der Waals surface area (Å²) in [6, 6.07) is 7.26. The van der Waals surface area contributed by atoms with Crippen LogP contribution in [0.25, 0.3) is 0 Å². The molecule has 0 saturated carbocycles. The van der Waals surface area contributed by atoms with E-state index in [1.54, 1.807) is 0 Å². The molecule has 0 aliphatic rings. The number of rotatable bonds is 78. The first-order chi connectivity index (χ1) is 54.6.